The van der Waals surface area contributed by atoms with E-state index in [2.05, 4.69) is 0 Å². The average molecular weight is 369 g/mol. The lowest BCUT2D eigenvalue weighted by molar-refractivity contribution is -0.164. The van der Waals surface area contributed by atoms with Crippen molar-refractivity contribution in [3.63, 3.8) is 0 Å². The zero-order valence-corrected chi connectivity index (χ0v) is 13.0. The number of hydrogen-bond acceptors (Lipinski definition) is 9. The molecule has 0 aliphatic carbocycles. The van der Waals surface area contributed by atoms with Crippen molar-refractivity contribution < 1.29 is 48.4 Å². The van der Waals surface area contributed by atoms with Crippen molar-refractivity contribution >= 4 is 21.8 Å². The van der Waals surface area contributed by atoms with Crippen molar-refractivity contribution in [3.05, 3.63) is 24.3 Å². The minimum atomic E-state index is -4.08. The normalized spacial score (nSPS) is 16.2. The molecule has 0 radical (unpaired) electrons. The molecule has 138 valence electrons. The van der Waals surface area contributed by atoms with Crippen LogP contribution in [0.1, 0.15) is 0 Å². The Hall–Kier alpha value is -1.80. The van der Waals surface area contributed by atoms with E-state index in [0.29, 0.717) is 5.69 Å². The second-order valence-corrected chi connectivity index (χ2v) is 5.98. The van der Waals surface area contributed by atoms with E-state index in [-0.39, 0.29) is 4.90 Å². The quantitative estimate of drug-likeness (QED) is 0.187. The van der Waals surface area contributed by atoms with E-state index in [0.717, 1.165) is 0 Å². The van der Waals surface area contributed by atoms with Crippen LogP contribution in [0.2, 0.25) is 0 Å². The highest BCUT2D eigenvalue weighted by Gasteiger charge is 2.33. The van der Waals surface area contributed by atoms with Gasteiger partial charge in [0, 0.05) is 5.69 Å². The maximum atomic E-state index is 10.5. The van der Waals surface area contributed by atoms with E-state index < -0.39 is 47.1 Å². The molecule has 0 fully saturated rings. The fraction of sp³-hybridized carbons (Fsp3) is 0.417. The van der Waals surface area contributed by atoms with Crippen molar-refractivity contribution in [3.8, 4) is 0 Å². The smallest absolute Gasteiger partial charge is 0.335 e. The Morgan fingerprint density at radius 2 is 1.50 bits per heavy atom. The van der Waals surface area contributed by atoms with Crippen molar-refractivity contribution in [2.75, 3.05) is 12.3 Å². The Morgan fingerprint density at radius 1 is 1.04 bits per heavy atom. The van der Waals surface area contributed by atoms with Gasteiger partial charge in [-0.1, -0.05) is 0 Å². The van der Waals surface area contributed by atoms with Gasteiger partial charge in [0.05, 0.1) is 11.5 Å². The van der Waals surface area contributed by atoms with Gasteiger partial charge in [-0.25, -0.2) is 4.79 Å². The summed E-state index contributed by atoms with van der Waals surface area (Å²) in [6.45, 7) is -0.843. The number of nitrogen functional groups attached to an aromatic ring is 1. The zero-order valence-electron chi connectivity index (χ0n) is 12.2. The van der Waals surface area contributed by atoms with Crippen LogP contribution in [0.25, 0.3) is 0 Å². The molecule has 1 aromatic rings. The topological polar surface area (TPSA) is 219 Å². The number of carbonyl (C=O) groups is 1. The van der Waals surface area contributed by atoms with Gasteiger partial charge < -0.3 is 36.4 Å². The van der Waals surface area contributed by atoms with E-state index in [1.54, 1.807) is 0 Å². The SMILES string of the molecule is Nc1ccc(S(=O)(=O)O)cc1.O=C(O)C(O)C(O)C(O)C(O)CO. The number of aliphatic hydroxyl groups excluding tert-OH is 5. The molecule has 0 heterocycles. The Morgan fingerprint density at radius 3 is 1.83 bits per heavy atom. The molecule has 0 saturated heterocycles. The molecule has 0 saturated carbocycles. The van der Waals surface area contributed by atoms with Crippen LogP contribution >= 0.6 is 0 Å². The third-order valence-electron chi connectivity index (χ3n) is 2.69. The van der Waals surface area contributed by atoms with Gasteiger partial charge in [-0.2, -0.15) is 8.42 Å². The van der Waals surface area contributed by atoms with Crippen molar-refractivity contribution in [1.29, 1.82) is 0 Å². The molecule has 12 heteroatoms. The third kappa shape index (κ3) is 7.18. The number of aliphatic carboxylic acids is 1. The number of benzene rings is 1. The van der Waals surface area contributed by atoms with Gasteiger partial charge >= 0.3 is 5.97 Å². The van der Waals surface area contributed by atoms with Gasteiger partial charge in [0.1, 0.15) is 18.3 Å². The first-order valence-corrected chi connectivity index (χ1v) is 7.74. The molecule has 0 spiro atoms. The molecule has 24 heavy (non-hydrogen) atoms. The zero-order chi connectivity index (χ0) is 19.1. The van der Waals surface area contributed by atoms with Crippen LogP contribution in [-0.4, -0.2) is 80.6 Å². The number of aliphatic hydroxyl groups is 5. The second-order valence-electron chi connectivity index (χ2n) is 4.56. The molecule has 1 rings (SSSR count). The number of rotatable bonds is 6. The van der Waals surface area contributed by atoms with Crippen LogP contribution < -0.4 is 5.73 Å². The molecule has 9 N–H and O–H groups in total. The minimum Gasteiger partial charge on any atom is -0.479 e. The van der Waals surface area contributed by atoms with Gasteiger partial charge in [0.15, 0.2) is 6.10 Å². The lowest BCUT2D eigenvalue weighted by Gasteiger charge is -2.23. The Bertz CT molecular complexity index is 617. The van der Waals surface area contributed by atoms with Crippen LogP contribution in [-0.2, 0) is 14.9 Å². The predicted molar refractivity (Wildman–Crippen MR) is 79.4 cm³/mol. The molecular formula is C12H19NO10S. The molecule has 11 nitrogen and oxygen atoms in total. The first kappa shape index (κ1) is 22.2. The summed E-state index contributed by atoms with van der Waals surface area (Å²) in [5.74, 6) is -1.73. The van der Waals surface area contributed by atoms with E-state index in [1.165, 1.54) is 24.3 Å². The van der Waals surface area contributed by atoms with Crippen LogP contribution in [0, 0.1) is 0 Å². The van der Waals surface area contributed by atoms with Gasteiger partial charge in [0.25, 0.3) is 10.1 Å². The van der Waals surface area contributed by atoms with Crippen LogP contribution in [0.4, 0.5) is 5.69 Å². The lowest BCUT2D eigenvalue weighted by atomic mass is 10.0. The number of carboxylic acids is 1. The summed E-state index contributed by atoms with van der Waals surface area (Å²) in [7, 11) is -4.08. The summed E-state index contributed by atoms with van der Waals surface area (Å²) in [6.07, 6.45) is -7.84. The summed E-state index contributed by atoms with van der Waals surface area (Å²) < 4.78 is 29.4. The molecular weight excluding hydrogens is 350 g/mol. The largest absolute Gasteiger partial charge is 0.479 e. The molecule has 0 aliphatic heterocycles. The van der Waals surface area contributed by atoms with E-state index >= 15 is 0 Å². The van der Waals surface area contributed by atoms with Gasteiger partial charge in [-0.3, -0.25) is 4.55 Å². The summed E-state index contributed by atoms with van der Waals surface area (Å²) in [5, 5.41) is 51.8. The summed E-state index contributed by atoms with van der Waals surface area (Å²) in [6, 6.07) is 5.29. The van der Waals surface area contributed by atoms with Gasteiger partial charge in [0.2, 0.25) is 0 Å². The number of anilines is 1. The Balaban J connectivity index is 0.000000446. The number of nitrogens with two attached hydrogens (primary N) is 1. The highest BCUT2D eigenvalue weighted by Crippen LogP contribution is 2.10. The minimum absolute atomic E-state index is 0.147. The highest BCUT2D eigenvalue weighted by atomic mass is 32.2. The number of carboxylic acid groups (broad SMARTS) is 1. The van der Waals surface area contributed by atoms with Crippen LogP contribution in [0.3, 0.4) is 0 Å². The fourth-order valence-corrected chi connectivity index (χ4v) is 1.79. The molecule has 0 aliphatic rings. The van der Waals surface area contributed by atoms with Crippen molar-refractivity contribution in [1.82, 2.24) is 0 Å². The second kappa shape index (κ2) is 9.48. The van der Waals surface area contributed by atoms with E-state index in [4.69, 9.17) is 40.9 Å². The average Bonchev–Trinajstić information content (AvgIpc) is 2.51. The maximum absolute atomic E-state index is 10.5. The first-order valence-electron chi connectivity index (χ1n) is 6.30. The third-order valence-corrected chi connectivity index (χ3v) is 3.55. The summed E-state index contributed by atoms with van der Waals surface area (Å²) in [4.78, 5) is 9.94. The van der Waals surface area contributed by atoms with Crippen LogP contribution in [0.5, 0.6) is 0 Å². The maximum Gasteiger partial charge on any atom is 0.335 e. The number of hydrogen-bond donors (Lipinski definition) is 8. The standard InChI is InChI=1S/C6H7NO3S.C6H12O7/c7-5-1-3-6(4-2-5)11(8,9)10;7-1-2(8)3(9)4(10)5(11)6(12)13/h1-4H,7H2,(H,8,9,10);2-5,7-11H,1H2,(H,12,13). The van der Waals surface area contributed by atoms with Gasteiger partial charge in [-0.15, -0.1) is 0 Å². The first-order chi connectivity index (χ1) is 10.9. The van der Waals surface area contributed by atoms with E-state index in [1.807, 2.05) is 0 Å². The Kier molecular flexibility index (Phi) is 8.77. The summed E-state index contributed by atoms with van der Waals surface area (Å²) >= 11 is 0. The summed E-state index contributed by atoms with van der Waals surface area (Å²) in [5.41, 5.74) is 5.75. The molecule has 0 aromatic heterocycles. The fourth-order valence-electron chi connectivity index (χ4n) is 1.31. The molecule has 4 unspecified atom stereocenters. The highest BCUT2D eigenvalue weighted by molar-refractivity contribution is 7.85. The molecule has 1 aromatic carbocycles. The monoisotopic (exact) mass is 369 g/mol. The van der Waals surface area contributed by atoms with Crippen molar-refractivity contribution in [2.45, 2.75) is 29.3 Å². The van der Waals surface area contributed by atoms with E-state index in [9.17, 15) is 13.2 Å². The molecule has 0 bridgehead atoms. The van der Waals surface area contributed by atoms with Gasteiger partial charge in [-0.05, 0) is 24.3 Å². The predicted octanol–water partition coefficient (Wildman–Crippen LogP) is -2.98. The van der Waals surface area contributed by atoms with Crippen LogP contribution in [0.15, 0.2) is 29.2 Å². The molecule has 4 atom stereocenters. The Labute approximate surface area is 137 Å². The van der Waals surface area contributed by atoms with Crippen molar-refractivity contribution in [2.24, 2.45) is 0 Å². The molecule has 0 amide bonds. The lowest BCUT2D eigenvalue weighted by Crippen LogP contribution is -2.48.